The van der Waals surface area contributed by atoms with Crippen molar-refractivity contribution >= 4 is 5.91 Å². The first-order valence-electron chi connectivity index (χ1n) is 5.82. The molecule has 0 aromatic heterocycles. The second-order valence-electron chi connectivity index (χ2n) is 4.22. The Bertz CT molecular complexity index is 209. The van der Waals surface area contributed by atoms with Crippen LogP contribution in [0.25, 0.3) is 0 Å². The summed E-state index contributed by atoms with van der Waals surface area (Å²) in [5.74, 6) is 0.354. The first-order chi connectivity index (χ1) is 7.19. The minimum Gasteiger partial charge on any atom is -0.395 e. The van der Waals surface area contributed by atoms with Gasteiger partial charge in [-0.1, -0.05) is 0 Å². The van der Waals surface area contributed by atoms with Crippen LogP contribution in [0, 0.1) is 5.92 Å². The molecule has 4 nitrogen and oxygen atoms in total. The summed E-state index contributed by atoms with van der Waals surface area (Å²) in [4.78, 5) is 13.8. The van der Waals surface area contributed by atoms with Gasteiger partial charge >= 0.3 is 0 Å². The Balaban J connectivity index is 2.49. The van der Waals surface area contributed by atoms with Crippen LogP contribution < -0.4 is 5.32 Å². The number of aliphatic hydroxyl groups excluding tert-OH is 1. The molecule has 0 radical (unpaired) electrons. The fourth-order valence-electron chi connectivity index (χ4n) is 2.16. The second-order valence-corrected chi connectivity index (χ2v) is 4.22. The highest BCUT2D eigenvalue weighted by atomic mass is 16.3. The van der Waals surface area contributed by atoms with Crippen molar-refractivity contribution in [3.63, 3.8) is 0 Å². The largest absolute Gasteiger partial charge is 0.395 e. The Morgan fingerprint density at radius 2 is 2.33 bits per heavy atom. The molecule has 4 heteroatoms. The molecule has 1 heterocycles. The van der Waals surface area contributed by atoms with Crippen molar-refractivity contribution in [2.45, 2.75) is 32.7 Å². The predicted octanol–water partition coefficient (Wildman–Crippen LogP) is 0.215. The topological polar surface area (TPSA) is 52.6 Å². The Hall–Kier alpha value is -0.610. The zero-order valence-corrected chi connectivity index (χ0v) is 9.70. The van der Waals surface area contributed by atoms with Crippen LogP contribution in [0.4, 0.5) is 0 Å². The van der Waals surface area contributed by atoms with E-state index < -0.39 is 0 Å². The summed E-state index contributed by atoms with van der Waals surface area (Å²) in [6.45, 7) is 6.21. The molecule has 0 bridgehead atoms. The van der Waals surface area contributed by atoms with E-state index in [9.17, 15) is 4.79 Å². The highest BCUT2D eigenvalue weighted by Crippen LogP contribution is 2.18. The molecule has 1 aliphatic rings. The summed E-state index contributed by atoms with van der Waals surface area (Å²) in [6, 6.07) is 0.431. The van der Waals surface area contributed by atoms with Gasteiger partial charge in [-0.25, -0.2) is 0 Å². The summed E-state index contributed by atoms with van der Waals surface area (Å²) < 4.78 is 0. The SMILES string of the molecule is CCN(CCO)C(=O)C1CCNC(C)C1. The molecule has 1 rings (SSSR count). The molecule has 2 unspecified atom stereocenters. The number of nitrogens with zero attached hydrogens (tertiary/aromatic N) is 1. The summed E-state index contributed by atoms with van der Waals surface area (Å²) in [6.07, 6.45) is 1.84. The monoisotopic (exact) mass is 214 g/mol. The highest BCUT2D eigenvalue weighted by Gasteiger charge is 2.27. The molecule has 15 heavy (non-hydrogen) atoms. The van der Waals surface area contributed by atoms with E-state index in [1.54, 1.807) is 4.90 Å². The maximum Gasteiger partial charge on any atom is 0.225 e. The Morgan fingerprint density at radius 3 is 2.87 bits per heavy atom. The van der Waals surface area contributed by atoms with E-state index in [1.807, 2.05) is 6.92 Å². The number of hydrogen-bond acceptors (Lipinski definition) is 3. The maximum absolute atomic E-state index is 12.1. The van der Waals surface area contributed by atoms with Crippen LogP contribution in [0.2, 0.25) is 0 Å². The van der Waals surface area contributed by atoms with Crippen molar-refractivity contribution < 1.29 is 9.90 Å². The minimum absolute atomic E-state index is 0.0557. The van der Waals surface area contributed by atoms with Gasteiger partial charge in [0, 0.05) is 25.0 Å². The van der Waals surface area contributed by atoms with Crippen molar-refractivity contribution in [2.75, 3.05) is 26.2 Å². The lowest BCUT2D eigenvalue weighted by Gasteiger charge is -2.31. The molecule has 2 N–H and O–H groups in total. The molecule has 0 saturated carbocycles. The van der Waals surface area contributed by atoms with Gasteiger partial charge in [0.2, 0.25) is 5.91 Å². The smallest absolute Gasteiger partial charge is 0.225 e. The minimum atomic E-state index is 0.0557. The molecule has 1 saturated heterocycles. The predicted molar refractivity (Wildman–Crippen MR) is 59.5 cm³/mol. The average Bonchev–Trinajstić information content (AvgIpc) is 2.25. The molecule has 0 aromatic carbocycles. The van der Waals surface area contributed by atoms with Gasteiger partial charge in [-0.3, -0.25) is 4.79 Å². The summed E-state index contributed by atoms with van der Waals surface area (Å²) in [5.41, 5.74) is 0. The molecular weight excluding hydrogens is 192 g/mol. The third-order valence-corrected chi connectivity index (χ3v) is 3.04. The molecule has 0 aliphatic carbocycles. The van der Waals surface area contributed by atoms with Gasteiger partial charge in [-0.05, 0) is 33.2 Å². The van der Waals surface area contributed by atoms with E-state index in [0.717, 1.165) is 19.4 Å². The number of amides is 1. The second kappa shape index (κ2) is 6.08. The van der Waals surface area contributed by atoms with E-state index in [4.69, 9.17) is 5.11 Å². The number of hydrogen-bond donors (Lipinski definition) is 2. The van der Waals surface area contributed by atoms with Crippen LogP contribution in [-0.4, -0.2) is 48.2 Å². The van der Waals surface area contributed by atoms with Gasteiger partial charge in [-0.2, -0.15) is 0 Å². The zero-order valence-electron chi connectivity index (χ0n) is 9.70. The highest BCUT2D eigenvalue weighted by molar-refractivity contribution is 5.79. The lowest BCUT2D eigenvalue weighted by atomic mass is 9.92. The third-order valence-electron chi connectivity index (χ3n) is 3.04. The van der Waals surface area contributed by atoms with Crippen LogP contribution in [0.1, 0.15) is 26.7 Å². The summed E-state index contributed by atoms with van der Waals surface area (Å²) >= 11 is 0. The molecule has 2 atom stereocenters. The standard InChI is InChI=1S/C11H22N2O2/c1-3-13(6-7-14)11(15)10-4-5-12-9(2)8-10/h9-10,12,14H,3-8H2,1-2H3. The fraction of sp³-hybridized carbons (Fsp3) is 0.909. The van der Waals surface area contributed by atoms with Crippen LogP contribution in [0.15, 0.2) is 0 Å². The number of nitrogens with one attached hydrogen (secondary N) is 1. The van der Waals surface area contributed by atoms with E-state index in [1.165, 1.54) is 0 Å². The van der Waals surface area contributed by atoms with E-state index in [-0.39, 0.29) is 18.4 Å². The molecule has 0 aromatic rings. The number of piperidine rings is 1. The van der Waals surface area contributed by atoms with Crippen molar-refractivity contribution in [1.82, 2.24) is 10.2 Å². The quantitative estimate of drug-likeness (QED) is 0.703. The van der Waals surface area contributed by atoms with E-state index in [2.05, 4.69) is 12.2 Å². The average molecular weight is 214 g/mol. The van der Waals surface area contributed by atoms with Gasteiger partial charge < -0.3 is 15.3 Å². The molecule has 0 spiro atoms. The third kappa shape index (κ3) is 3.47. The van der Waals surface area contributed by atoms with Crippen LogP contribution >= 0.6 is 0 Å². The molecular formula is C11H22N2O2. The Kier molecular flexibility index (Phi) is 5.05. The van der Waals surface area contributed by atoms with Gasteiger partial charge in [0.15, 0.2) is 0 Å². The zero-order chi connectivity index (χ0) is 11.3. The van der Waals surface area contributed by atoms with Gasteiger partial charge in [0.1, 0.15) is 0 Å². The maximum atomic E-state index is 12.1. The number of aliphatic hydroxyl groups is 1. The molecule has 1 amide bonds. The van der Waals surface area contributed by atoms with Crippen LogP contribution in [-0.2, 0) is 4.79 Å². The Morgan fingerprint density at radius 1 is 1.60 bits per heavy atom. The molecule has 88 valence electrons. The van der Waals surface area contributed by atoms with Gasteiger partial charge in [0.25, 0.3) is 0 Å². The molecule has 1 aliphatic heterocycles. The van der Waals surface area contributed by atoms with Crippen molar-refractivity contribution in [3.8, 4) is 0 Å². The first-order valence-corrected chi connectivity index (χ1v) is 5.82. The van der Waals surface area contributed by atoms with Gasteiger partial charge in [-0.15, -0.1) is 0 Å². The van der Waals surface area contributed by atoms with Gasteiger partial charge in [0.05, 0.1) is 6.61 Å². The normalized spacial score (nSPS) is 26.3. The van der Waals surface area contributed by atoms with Crippen LogP contribution in [0.5, 0.6) is 0 Å². The van der Waals surface area contributed by atoms with Crippen molar-refractivity contribution in [3.05, 3.63) is 0 Å². The lowest BCUT2D eigenvalue weighted by molar-refractivity contribution is -0.137. The van der Waals surface area contributed by atoms with E-state index in [0.29, 0.717) is 19.1 Å². The van der Waals surface area contributed by atoms with Crippen molar-refractivity contribution in [2.24, 2.45) is 5.92 Å². The number of likely N-dealkylation sites (N-methyl/N-ethyl adjacent to an activating group) is 1. The molecule has 1 fully saturated rings. The number of rotatable bonds is 4. The Labute approximate surface area is 91.6 Å². The lowest BCUT2D eigenvalue weighted by Crippen LogP contribution is -2.44. The summed E-state index contributed by atoms with van der Waals surface area (Å²) in [7, 11) is 0. The van der Waals surface area contributed by atoms with Crippen molar-refractivity contribution in [1.29, 1.82) is 0 Å². The first kappa shape index (κ1) is 12.5. The van der Waals surface area contributed by atoms with Crippen LogP contribution in [0.3, 0.4) is 0 Å². The number of carbonyl (C=O) groups is 1. The fourth-order valence-corrected chi connectivity index (χ4v) is 2.16. The summed E-state index contributed by atoms with van der Waals surface area (Å²) in [5, 5.41) is 12.2. The van der Waals surface area contributed by atoms with E-state index >= 15 is 0 Å². The number of carbonyl (C=O) groups excluding carboxylic acids is 1.